The highest BCUT2D eigenvalue weighted by molar-refractivity contribution is 7.90. The quantitative estimate of drug-likeness (QED) is 0.794. The molecule has 0 aliphatic rings. The van der Waals surface area contributed by atoms with E-state index in [4.69, 9.17) is 14.6 Å². The van der Waals surface area contributed by atoms with Crippen LogP contribution in [0.4, 0.5) is 0 Å². The highest BCUT2D eigenvalue weighted by Crippen LogP contribution is 2.33. The van der Waals surface area contributed by atoms with Crippen LogP contribution in [0.15, 0.2) is 12.4 Å². The van der Waals surface area contributed by atoms with Gasteiger partial charge >= 0.3 is 0 Å². The third kappa shape index (κ3) is 3.14. The Hall–Kier alpha value is -1.09. The lowest BCUT2D eigenvalue weighted by molar-refractivity contribution is -0.0938. The molecule has 0 aliphatic carbocycles. The van der Waals surface area contributed by atoms with Gasteiger partial charge in [0.1, 0.15) is 6.10 Å². The first-order chi connectivity index (χ1) is 9.29. The largest absolute Gasteiger partial charge is 0.374 e. The lowest BCUT2D eigenvalue weighted by atomic mass is 10.2. The Bertz CT molecular complexity index is 532. The van der Waals surface area contributed by atoms with Crippen LogP contribution in [0.2, 0.25) is 0 Å². The van der Waals surface area contributed by atoms with Gasteiger partial charge in [0.05, 0.1) is 0 Å². The molecule has 0 spiro atoms. The van der Waals surface area contributed by atoms with E-state index in [0.29, 0.717) is 6.61 Å². The molecule has 0 amide bonds. The maximum absolute atomic E-state index is 12.1. The number of rotatable bonds is 7. The molecule has 0 saturated heterocycles. The number of nitrogens with zero attached hydrogens (tertiary/aromatic N) is 2. The van der Waals surface area contributed by atoms with Crippen LogP contribution in [0.25, 0.3) is 0 Å². The molecule has 0 fully saturated rings. The van der Waals surface area contributed by atoms with Crippen molar-refractivity contribution in [3.63, 3.8) is 0 Å². The standard InChI is InChI=1S/C12H21N3O4S/c1-5-18-10(4)12(19-6-2,20(13,16)17)11-14-7-9(3)8-15-11/h7-8,10H,5-6H2,1-4H3,(H2,13,16,17)/t10-,12-/m0/s1. The van der Waals surface area contributed by atoms with Gasteiger partial charge in [0.15, 0.2) is 5.82 Å². The van der Waals surface area contributed by atoms with Crippen LogP contribution in [0, 0.1) is 6.92 Å². The Morgan fingerprint density at radius 2 is 1.85 bits per heavy atom. The van der Waals surface area contributed by atoms with Crippen molar-refractivity contribution >= 4 is 10.0 Å². The molecule has 0 saturated carbocycles. The minimum absolute atomic E-state index is 0.0200. The zero-order chi connectivity index (χ0) is 15.4. The molecule has 1 rings (SSSR count). The van der Waals surface area contributed by atoms with Crippen molar-refractivity contribution in [1.29, 1.82) is 0 Å². The fourth-order valence-electron chi connectivity index (χ4n) is 1.95. The molecule has 0 aromatic carbocycles. The molecule has 20 heavy (non-hydrogen) atoms. The van der Waals surface area contributed by atoms with E-state index in [0.717, 1.165) is 5.56 Å². The molecule has 8 heteroatoms. The van der Waals surface area contributed by atoms with Gasteiger partial charge < -0.3 is 9.47 Å². The van der Waals surface area contributed by atoms with Gasteiger partial charge in [-0.3, -0.25) is 0 Å². The maximum Gasteiger partial charge on any atom is 0.268 e. The van der Waals surface area contributed by atoms with Crippen molar-refractivity contribution in [1.82, 2.24) is 9.97 Å². The molecular weight excluding hydrogens is 282 g/mol. The van der Waals surface area contributed by atoms with Crippen LogP contribution >= 0.6 is 0 Å². The lowest BCUT2D eigenvalue weighted by Gasteiger charge is -2.34. The van der Waals surface area contributed by atoms with E-state index in [2.05, 4.69) is 9.97 Å². The summed E-state index contributed by atoms with van der Waals surface area (Å²) in [5.74, 6) is -0.0200. The van der Waals surface area contributed by atoms with Crippen molar-refractivity contribution in [2.24, 2.45) is 5.14 Å². The number of primary sulfonamides is 1. The normalized spacial score (nSPS) is 16.6. The van der Waals surface area contributed by atoms with Gasteiger partial charge in [0.2, 0.25) is 10.0 Å². The van der Waals surface area contributed by atoms with Crippen molar-refractivity contribution in [2.75, 3.05) is 13.2 Å². The summed E-state index contributed by atoms with van der Waals surface area (Å²) >= 11 is 0. The van der Waals surface area contributed by atoms with Crippen LogP contribution < -0.4 is 5.14 Å². The first kappa shape index (κ1) is 17.0. The van der Waals surface area contributed by atoms with Crippen LogP contribution in [0.1, 0.15) is 32.2 Å². The van der Waals surface area contributed by atoms with Crippen molar-refractivity contribution in [3.05, 3.63) is 23.8 Å². The Morgan fingerprint density at radius 3 is 2.25 bits per heavy atom. The van der Waals surface area contributed by atoms with Crippen LogP contribution in [-0.2, 0) is 24.4 Å². The van der Waals surface area contributed by atoms with Crippen LogP contribution in [-0.4, -0.2) is 37.7 Å². The van der Waals surface area contributed by atoms with Crippen molar-refractivity contribution in [3.8, 4) is 0 Å². The first-order valence-corrected chi connectivity index (χ1v) is 7.91. The first-order valence-electron chi connectivity index (χ1n) is 6.36. The second-order valence-electron chi connectivity index (χ2n) is 4.33. The summed E-state index contributed by atoms with van der Waals surface area (Å²) in [5, 5.41) is 5.39. The minimum atomic E-state index is -4.15. The second kappa shape index (κ2) is 6.57. The molecule has 0 unspecified atom stereocenters. The van der Waals surface area contributed by atoms with Crippen molar-refractivity contribution < 1.29 is 17.9 Å². The van der Waals surface area contributed by atoms with Gasteiger partial charge in [-0.05, 0) is 33.3 Å². The summed E-state index contributed by atoms with van der Waals surface area (Å²) in [7, 11) is -4.15. The lowest BCUT2D eigenvalue weighted by Crippen LogP contribution is -2.53. The average Bonchev–Trinajstić information content (AvgIpc) is 2.36. The smallest absolute Gasteiger partial charge is 0.268 e. The number of aryl methyl sites for hydroxylation is 1. The Labute approximate surface area is 119 Å². The number of nitrogens with two attached hydrogens (primary N) is 1. The highest BCUT2D eigenvalue weighted by atomic mass is 32.2. The zero-order valence-electron chi connectivity index (χ0n) is 12.2. The fraction of sp³-hybridized carbons (Fsp3) is 0.667. The monoisotopic (exact) mass is 303 g/mol. The number of ether oxygens (including phenoxy) is 2. The van der Waals surface area contributed by atoms with E-state index < -0.39 is 21.1 Å². The van der Waals surface area contributed by atoms with E-state index in [9.17, 15) is 8.42 Å². The predicted molar refractivity (Wildman–Crippen MR) is 74.3 cm³/mol. The summed E-state index contributed by atoms with van der Waals surface area (Å²) < 4.78 is 35.2. The molecule has 2 atom stereocenters. The Morgan fingerprint density at radius 1 is 1.30 bits per heavy atom. The average molecular weight is 303 g/mol. The number of hydrogen-bond acceptors (Lipinski definition) is 6. The molecule has 0 radical (unpaired) electrons. The minimum Gasteiger partial charge on any atom is -0.374 e. The van der Waals surface area contributed by atoms with Gasteiger partial charge in [0, 0.05) is 25.6 Å². The number of aromatic nitrogens is 2. The zero-order valence-corrected chi connectivity index (χ0v) is 13.0. The second-order valence-corrected chi connectivity index (χ2v) is 6.02. The van der Waals surface area contributed by atoms with Gasteiger partial charge in [-0.15, -0.1) is 0 Å². The molecule has 7 nitrogen and oxygen atoms in total. The Balaban J connectivity index is 3.48. The molecule has 2 N–H and O–H groups in total. The third-order valence-electron chi connectivity index (χ3n) is 2.83. The van der Waals surface area contributed by atoms with E-state index in [1.807, 2.05) is 0 Å². The summed E-state index contributed by atoms with van der Waals surface area (Å²) in [5.41, 5.74) is 0.803. The van der Waals surface area contributed by atoms with Crippen LogP contribution in [0.3, 0.4) is 0 Å². The van der Waals surface area contributed by atoms with E-state index >= 15 is 0 Å². The van der Waals surface area contributed by atoms with Gasteiger partial charge in [0.25, 0.3) is 4.93 Å². The summed E-state index contributed by atoms with van der Waals surface area (Å²) in [6.07, 6.45) is 2.19. The maximum atomic E-state index is 12.1. The molecular formula is C12H21N3O4S. The predicted octanol–water partition coefficient (Wildman–Crippen LogP) is 0.688. The molecule has 114 valence electrons. The third-order valence-corrected chi connectivity index (χ3v) is 4.30. The SMILES string of the molecule is CCO[C@@H](C)[C@@](OCC)(c1ncc(C)cn1)S(N)(=O)=O. The number of sulfonamides is 1. The summed E-state index contributed by atoms with van der Waals surface area (Å²) in [6.45, 7) is 7.25. The fourth-order valence-corrected chi connectivity index (χ4v) is 3.12. The topological polar surface area (TPSA) is 104 Å². The van der Waals surface area contributed by atoms with Gasteiger partial charge in [-0.1, -0.05) is 0 Å². The number of hydrogen-bond donors (Lipinski definition) is 1. The molecule has 1 heterocycles. The van der Waals surface area contributed by atoms with E-state index in [1.54, 1.807) is 27.7 Å². The van der Waals surface area contributed by atoms with E-state index in [-0.39, 0.29) is 12.4 Å². The summed E-state index contributed by atoms with van der Waals surface area (Å²) in [6, 6.07) is 0. The Kier molecular flexibility index (Phi) is 5.58. The molecule has 0 aliphatic heterocycles. The van der Waals surface area contributed by atoms with Gasteiger partial charge in [-0.2, -0.15) is 0 Å². The summed E-state index contributed by atoms with van der Waals surface area (Å²) in [4.78, 5) is 6.22. The highest BCUT2D eigenvalue weighted by Gasteiger charge is 2.53. The molecule has 1 aromatic heterocycles. The van der Waals surface area contributed by atoms with Gasteiger partial charge in [-0.25, -0.2) is 23.5 Å². The van der Waals surface area contributed by atoms with Crippen molar-refractivity contribution in [2.45, 2.75) is 38.7 Å². The van der Waals surface area contributed by atoms with Crippen LogP contribution in [0.5, 0.6) is 0 Å². The van der Waals surface area contributed by atoms with E-state index in [1.165, 1.54) is 12.4 Å². The molecule has 1 aromatic rings. The molecule has 0 bridgehead atoms.